The zero-order valence-electron chi connectivity index (χ0n) is 10.2. The fourth-order valence-electron chi connectivity index (χ4n) is 1.44. The molecule has 0 N–H and O–H groups in total. The number of carbonyl (C=O) groups excluding carboxylic acids is 1. The van der Waals surface area contributed by atoms with E-state index in [1.807, 2.05) is 19.1 Å². The van der Waals surface area contributed by atoms with E-state index in [-0.39, 0.29) is 5.97 Å². The Hall–Kier alpha value is -1.22. The summed E-state index contributed by atoms with van der Waals surface area (Å²) in [5.41, 5.74) is 0.941. The van der Waals surface area contributed by atoms with Gasteiger partial charge in [-0.25, -0.2) is 0 Å². The van der Waals surface area contributed by atoms with Gasteiger partial charge >= 0.3 is 5.97 Å². The fourth-order valence-corrected chi connectivity index (χ4v) is 1.63. The molecule has 0 saturated carbocycles. The molecule has 0 heterocycles. The maximum Gasteiger partial charge on any atom is 0.305 e. The van der Waals surface area contributed by atoms with E-state index in [1.165, 1.54) is 7.11 Å². The molecule has 1 aromatic rings. The molecule has 0 atom stereocenters. The maximum atomic E-state index is 11.1. The van der Waals surface area contributed by atoms with Crippen LogP contribution >= 0.6 is 11.6 Å². The van der Waals surface area contributed by atoms with Gasteiger partial charge in [-0.3, -0.25) is 4.79 Å². The lowest BCUT2D eigenvalue weighted by atomic mass is 10.1. The molecule has 1 rings (SSSR count). The second-order valence-electron chi connectivity index (χ2n) is 3.68. The van der Waals surface area contributed by atoms with E-state index in [0.29, 0.717) is 24.5 Å². The number of benzene rings is 1. The van der Waals surface area contributed by atoms with E-state index in [1.54, 1.807) is 6.07 Å². The van der Waals surface area contributed by atoms with Gasteiger partial charge in [0.05, 0.1) is 13.7 Å². The number of carbonyl (C=O) groups is 1. The van der Waals surface area contributed by atoms with Crippen molar-refractivity contribution in [3.63, 3.8) is 0 Å². The predicted octanol–water partition coefficient (Wildman–Crippen LogP) is 3.23. The number of aryl methyl sites for hydroxylation is 1. The standard InChI is InChI=1S/C13H17ClO3/c1-3-8-17-12-6-5-11(14)9-10(12)4-7-13(15)16-2/h5-6,9H,3-4,7-8H2,1-2H3. The zero-order valence-corrected chi connectivity index (χ0v) is 10.9. The van der Waals surface area contributed by atoms with E-state index in [2.05, 4.69) is 4.74 Å². The van der Waals surface area contributed by atoms with Crippen molar-refractivity contribution in [2.24, 2.45) is 0 Å². The highest BCUT2D eigenvalue weighted by molar-refractivity contribution is 6.30. The molecule has 0 spiro atoms. The van der Waals surface area contributed by atoms with Gasteiger partial charge in [0.15, 0.2) is 0 Å². The Bertz CT molecular complexity index is 377. The highest BCUT2D eigenvalue weighted by atomic mass is 35.5. The van der Waals surface area contributed by atoms with Crippen LogP contribution in [0, 0.1) is 0 Å². The minimum absolute atomic E-state index is 0.230. The number of ether oxygens (including phenoxy) is 2. The van der Waals surface area contributed by atoms with Crippen molar-refractivity contribution in [1.82, 2.24) is 0 Å². The quantitative estimate of drug-likeness (QED) is 0.733. The summed E-state index contributed by atoms with van der Waals surface area (Å²) in [6.45, 7) is 2.71. The lowest BCUT2D eigenvalue weighted by Gasteiger charge is -2.10. The summed E-state index contributed by atoms with van der Waals surface area (Å²) in [5.74, 6) is 0.562. The average Bonchev–Trinajstić information content (AvgIpc) is 2.34. The third-order valence-electron chi connectivity index (χ3n) is 2.31. The minimum atomic E-state index is -0.230. The molecule has 0 radical (unpaired) electrons. The van der Waals surface area contributed by atoms with Crippen molar-refractivity contribution < 1.29 is 14.3 Å². The Labute approximate surface area is 107 Å². The third-order valence-corrected chi connectivity index (χ3v) is 2.55. The van der Waals surface area contributed by atoms with Crippen LogP contribution in [0.5, 0.6) is 5.75 Å². The summed E-state index contributed by atoms with van der Waals surface area (Å²) < 4.78 is 10.2. The van der Waals surface area contributed by atoms with Crippen LogP contribution < -0.4 is 4.74 Å². The number of esters is 1. The summed E-state index contributed by atoms with van der Waals surface area (Å²) in [4.78, 5) is 11.1. The monoisotopic (exact) mass is 256 g/mol. The van der Waals surface area contributed by atoms with Crippen molar-refractivity contribution in [2.75, 3.05) is 13.7 Å². The largest absolute Gasteiger partial charge is 0.493 e. The van der Waals surface area contributed by atoms with Crippen molar-refractivity contribution >= 4 is 17.6 Å². The number of rotatable bonds is 6. The highest BCUT2D eigenvalue weighted by Gasteiger charge is 2.08. The van der Waals surface area contributed by atoms with Gasteiger partial charge in [-0.1, -0.05) is 18.5 Å². The molecule has 0 unspecified atom stereocenters. The average molecular weight is 257 g/mol. The van der Waals surface area contributed by atoms with E-state index in [9.17, 15) is 4.79 Å². The normalized spacial score (nSPS) is 10.1. The molecule has 17 heavy (non-hydrogen) atoms. The van der Waals surface area contributed by atoms with Crippen LogP contribution in [-0.4, -0.2) is 19.7 Å². The summed E-state index contributed by atoms with van der Waals surface area (Å²) in [7, 11) is 1.38. The van der Waals surface area contributed by atoms with Crippen LogP contribution in [0.1, 0.15) is 25.3 Å². The molecule has 0 bridgehead atoms. The van der Waals surface area contributed by atoms with Crippen molar-refractivity contribution in [3.05, 3.63) is 28.8 Å². The van der Waals surface area contributed by atoms with Crippen LogP contribution in [-0.2, 0) is 16.0 Å². The highest BCUT2D eigenvalue weighted by Crippen LogP contribution is 2.24. The van der Waals surface area contributed by atoms with Gasteiger partial charge in [-0.15, -0.1) is 0 Å². The molecular weight excluding hydrogens is 240 g/mol. The van der Waals surface area contributed by atoms with Gasteiger partial charge in [-0.2, -0.15) is 0 Å². The second kappa shape index (κ2) is 7.17. The summed E-state index contributed by atoms with van der Waals surface area (Å²) in [6.07, 6.45) is 1.85. The smallest absolute Gasteiger partial charge is 0.305 e. The third kappa shape index (κ3) is 4.65. The number of methoxy groups -OCH3 is 1. The van der Waals surface area contributed by atoms with Crippen molar-refractivity contribution in [1.29, 1.82) is 0 Å². The van der Waals surface area contributed by atoms with Gasteiger partial charge in [-0.05, 0) is 36.6 Å². The van der Waals surface area contributed by atoms with E-state index in [4.69, 9.17) is 16.3 Å². The first kappa shape index (κ1) is 13.8. The first-order valence-corrected chi connectivity index (χ1v) is 6.03. The predicted molar refractivity (Wildman–Crippen MR) is 67.6 cm³/mol. The Balaban J connectivity index is 2.72. The Kier molecular flexibility index (Phi) is 5.84. The molecule has 1 aromatic carbocycles. The molecule has 0 amide bonds. The molecule has 4 heteroatoms. The fraction of sp³-hybridized carbons (Fsp3) is 0.462. The SMILES string of the molecule is CCCOc1ccc(Cl)cc1CCC(=O)OC. The number of hydrogen-bond acceptors (Lipinski definition) is 3. The Morgan fingerprint density at radius 2 is 2.18 bits per heavy atom. The molecule has 94 valence electrons. The van der Waals surface area contributed by atoms with Gasteiger partial charge in [0.1, 0.15) is 5.75 Å². The van der Waals surface area contributed by atoms with E-state index >= 15 is 0 Å². The number of halogens is 1. The molecule has 0 saturated heterocycles. The van der Waals surface area contributed by atoms with E-state index < -0.39 is 0 Å². The Morgan fingerprint density at radius 1 is 1.41 bits per heavy atom. The van der Waals surface area contributed by atoms with Gasteiger partial charge in [0.2, 0.25) is 0 Å². The molecule has 0 aliphatic carbocycles. The Morgan fingerprint density at radius 3 is 2.82 bits per heavy atom. The molecule has 3 nitrogen and oxygen atoms in total. The van der Waals surface area contributed by atoms with Crippen molar-refractivity contribution in [2.45, 2.75) is 26.2 Å². The first-order chi connectivity index (χ1) is 8.17. The molecule has 0 aromatic heterocycles. The van der Waals surface area contributed by atoms with Crippen LogP contribution in [0.3, 0.4) is 0 Å². The maximum absolute atomic E-state index is 11.1. The van der Waals surface area contributed by atoms with Crippen LogP contribution in [0.2, 0.25) is 5.02 Å². The van der Waals surface area contributed by atoms with E-state index in [0.717, 1.165) is 17.7 Å². The molecular formula is C13H17ClO3. The van der Waals surface area contributed by atoms with Crippen LogP contribution in [0.25, 0.3) is 0 Å². The van der Waals surface area contributed by atoms with Gasteiger partial charge < -0.3 is 9.47 Å². The molecule has 0 fully saturated rings. The number of hydrogen-bond donors (Lipinski definition) is 0. The summed E-state index contributed by atoms with van der Waals surface area (Å²) in [6, 6.07) is 5.45. The van der Waals surface area contributed by atoms with Gasteiger partial charge in [0, 0.05) is 11.4 Å². The van der Waals surface area contributed by atoms with Gasteiger partial charge in [0.25, 0.3) is 0 Å². The van der Waals surface area contributed by atoms with Crippen LogP contribution in [0.4, 0.5) is 0 Å². The summed E-state index contributed by atoms with van der Waals surface area (Å²) >= 11 is 5.93. The van der Waals surface area contributed by atoms with Crippen molar-refractivity contribution in [3.8, 4) is 5.75 Å². The zero-order chi connectivity index (χ0) is 12.7. The molecule has 0 aliphatic rings. The lowest BCUT2D eigenvalue weighted by molar-refractivity contribution is -0.140. The second-order valence-corrected chi connectivity index (χ2v) is 4.11. The minimum Gasteiger partial charge on any atom is -0.493 e. The lowest BCUT2D eigenvalue weighted by Crippen LogP contribution is -2.04. The summed E-state index contributed by atoms with van der Waals surface area (Å²) in [5, 5.41) is 0.647. The molecule has 0 aliphatic heterocycles. The topological polar surface area (TPSA) is 35.5 Å². The first-order valence-electron chi connectivity index (χ1n) is 5.65. The van der Waals surface area contributed by atoms with Crippen LogP contribution in [0.15, 0.2) is 18.2 Å².